The summed E-state index contributed by atoms with van der Waals surface area (Å²) < 4.78 is 21.4. The number of benzene rings is 1. The van der Waals surface area contributed by atoms with E-state index in [9.17, 15) is 14.2 Å². The first-order valence-electron chi connectivity index (χ1n) is 6.16. The Hall–Kier alpha value is -1.74. The van der Waals surface area contributed by atoms with Gasteiger partial charge in [-0.2, -0.15) is 0 Å². The lowest BCUT2D eigenvalue weighted by Crippen LogP contribution is -2.14. The van der Waals surface area contributed by atoms with Crippen LogP contribution in [0.2, 0.25) is 0 Å². The van der Waals surface area contributed by atoms with Crippen LogP contribution in [0.3, 0.4) is 0 Å². The molecular formula is C14H17O5P. The van der Waals surface area contributed by atoms with Crippen LogP contribution in [0.25, 0.3) is 0 Å². The second-order valence-electron chi connectivity index (χ2n) is 4.41. The van der Waals surface area contributed by atoms with E-state index in [4.69, 9.17) is 9.47 Å². The van der Waals surface area contributed by atoms with Crippen molar-refractivity contribution in [2.75, 3.05) is 0 Å². The van der Waals surface area contributed by atoms with E-state index in [0.717, 1.165) is 5.56 Å². The maximum Gasteiger partial charge on any atom is 0.303 e. The molecule has 0 saturated carbocycles. The van der Waals surface area contributed by atoms with Crippen molar-refractivity contribution in [3.8, 4) is 0 Å². The van der Waals surface area contributed by atoms with Gasteiger partial charge < -0.3 is 9.47 Å². The van der Waals surface area contributed by atoms with Gasteiger partial charge in [0.05, 0.1) is 0 Å². The summed E-state index contributed by atoms with van der Waals surface area (Å²) in [6.45, 7) is 6.09. The third-order valence-electron chi connectivity index (χ3n) is 2.74. The Balaban J connectivity index is 3.10. The van der Waals surface area contributed by atoms with Crippen LogP contribution in [0.1, 0.15) is 51.0 Å². The fourth-order valence-corrected chi connectivity index (χ4v) is 2.35. The van der Waals surface area contributed by atoms with Gasteiger partial charge in [0.2, 0.25) is 0 Å². The molecule has 0 spiro atoms. The molecule has 0 bridgehead atoms. The van der Waals surface area contributed by atoms with Gasteiger partial charge in [0, 0.05) is 24.7 Å². The van der Waals surface area contributed by atoms with Gasteiger partial charge in [-0.05, 0) is 31.5 Å². The molecule has 6 heteroatoms. The van der Waals surface area contributed by atoms with E-state index in [2.05, 4.69) is 0 Å². The highest BCUT2D eigenvalue weighted by atomic mass is 31.1. The van der Waals surface area contributed by atoms with Crippen molar-refractivity contribution in [3.05, 3.63) is 29.3 Å². The summed E-state index contributed by atoms with van der Waals surface area (Å²) in [6.07, 6.45) is -0.943. The highest BCUT2D eigenvalue weighted by Crippen LogP contribution is 2.24. The zero-order valence-corrected chi connectivity index (χ0v) is 12.8. The molecule has 0 heterocycles. The van der Waals surface area contributed by atoms with E-state index in [-0.39, 0.29) is 14.4 Å². The van der Waals surface area contributed by atoms with Crippen molar-refractivity contribution >= 4 is 25.7 Å². The Kier molecular flexibility index (Phi) is 5.83. The molecule has 1 rings (SSSR count). The van der Waals surface area contributed by atoms with Crippen molar-refractivity contribution in [2.45, 2.75) is 39.9 Å². The molecule has 1 aromatic rings. The number of hydrogen-bond acceptors (Lipinski definition) is 5. The van der Waals surface area contributed by atoms with Gasteiger partial charge in [-0.3, -0.25) is 14.2 Å². The van der Waals surface area contributed by atoms with E-state index < -0.39 is 18.2 Å². The summed E-state index contributed by atoms with van der Waals surface area (Å²) in [6, 6.07) is 5.14. The molecule has 0 fully saturated rings. The predicted octanol–water partition coefficient (Wildman–Crippen LogP) is 2.85. The minimum absolute atomic E-state index is 0.154. The number of hydrogen-bond donors (Lipinski definition) is 0. The molecule has 2 unspecified atom stereocenters. The Labute approximate surface area is 119 Å². The average molecular weight is 296 g/mol. The largest absolute Gasteiger partial charge is 0.458 e. The lowest BCUT2D eigenvalue weighted by Gasteiger charge is -2.17. The molecule has 2 atom stereocenters. The average Bonchev–Trinajstić information content (AvgIpc) is 2.36. The van der Waals surface area contributed by atoms with Crippen molar-refractivity contribution in [1.82, 2.24) is 0 Å². The summed E-state index contributed by atoms with van der Waals surface area (Å²) >= 11 is 0. The summed E-state index contributed by atoms with van der Waals surface area (Å²) in [7, 11) is -0.154. The third kappa shape index (κ3) is 4.42. The summed E-state index contributed by atoms with van der Waals surface area (Å²) in [5.74, 6) is -0.789. The van der Waals surface area contributed by atoms with E-state index in [1.807, 2.05) is 0 Å². The SMILES string of the molecule is CC(=O)OC(C)c1ccc(P=O)c(C(C)OC(C)=O)c1. The highest BCUT2D eigenvalue weighted by Gasteiger charge is 2.17. The van der Waals surface area contributed by atoms with E-state index in [0.29, 0.717) is 10.9 Å². The molecule has 0 saturated heterocycles. The summed E-state index contributed by atoms with van der Waals surface area (Å²) in [5.41, 5.74) is 1.38. The van der Waals surface area contributed by atoms with Crippen molar-refractivity contribution in [1.29, 1.82) is 0 Å². The molecule has 0 aliphatic rings. The third-order valence-corrected chi connectivity index (χ3v) is 3.35. The van der Waals surface area contributed by atoms with Gasteiger partial charge >= 0.3 is 11.9 Å². The normalized spacial score (nSPS) is 13.6. The van der Waals surface area contributed by atoms with Crippen LogP contribution in [-0.2, 0) is 23.6 Å². The number of ether oxygens (including phenoxy) is 2. The van der Waals surface area contributed by atoms with Gasteiger partial charge in [0.1, 0.15) is 12.2 Å². The van der Waals surface area contributed by atoms with Crippen LogP contribution in [-0.4, -0.2) is 11.9 Å². The van der Waals surface area contributed by atoms with E-state index in [1.165, 1.54) is 13.8 Å². The Bertz CT molecular complexity index is 526. The van der Waals surface area contributed by atoms with Gasteiger partial charge in [0.25, 0.3) is 0 Å². The van der Waals surface area contributed by atoms with Crippen LogP contribution in [0.15, 0.2) is 18.2 Å². The zero-order chi connectivity index (χ0) is 15.3. The number of esters is 2. The second kappa shape index (κ2) is 7.15. The van der Waals surface area contributed by atoms with Crippen LogP contribution < -0.4 is 5.30 Å². The Morgan fingerprint density at radius 1 is 1.05 bits per heavy atom. The maximum atomic E-state index is 11.1. The van der Waals surface area contributed by atoms with E-state index in [1.54, 1.807) is 32.0 Å². The van der Waals surface area contributed by atoms with Gasteiger partial charge in [-0.15, -0.1) is 0 Å². The molecule has 0 aliphatic carbocycles. The molecule has 20 heavy (non-hydrogen) atoms. The summed E-state index contributed by atoms with van der Waals surface area (Å²) in [4.78, 5) is 22.0. The highest BCUT2D eigenvalue weighted by molar-refractivity contribution is 7.34. The monoisotopic (exact) mass is 296 g/mol. The fraction of sp³-hybridized carbons (Fsp3) is 0.429. The van der Waals surface area contributed by atoms with Crippen LogP contribution in [0.5, 0.6) is 0 Å². The van der Waals surface area contributed by atoms with Crippen molar-refractivity contribution in [2.24, 2.45) is 0 Å². The molecule has 0 N–H and O–H groups in total. The quantitative estimate of drug-likeness (QED) is 0.617. The predicted molar refractivity (Wildman–Crippen MR) is 74.0 cm³/mol. The maximum absolute atomic E-state index is 11.1. The molecule has 108 valence electrons. The Morgan fingerprint density at radius 2 is 1.60 bits per heavy atom. The van der Waals surface area contributed by atoms with Crippen molar-refractivity contribution in [3.63, 3.8) is 0 Å². The van der Waals surface area contributed by atoms with Crippen LogP contribution in [0, 0.1) is 0 Å². The first kappa shape index (κ1) is 16.3. The minimum atomic E-state index is -0.520. The van der Waals surface area contributed by atoms with E-state index >= 15 is 0 Å². The number of rotatable bonds is 5. The standard InChI is InChI=1S/C14H17O5P/c1-8(18-10(3)15)12-5-6-14(20-17)13(7-12)9(2)19-11(4)16/h5-9H,1-4H3. The molecule has 5 nitrogen and oxygen atoms in total. The van der Waals surface area contributed by atoms with Crippen LogP contribution in [0.4, 0.5) is 0 Å². The van der Waals surface area contributed by atoms with Gasteiger partial charge in [-0.1, -0.05) is 6.07 Å². The topological polar surface area (TPSA) is 69.7 Å². The number of carbonyl (C=O) groups is 2. The zero-order valence-electron chi connectivity index (χ0n) is 11.9. The molecular weight excluding hydrogens is 279 g/mol. The number of carbonyl (C=O) groups excluding carboxylic acids is 2. The molecule has 0 aliphatic heterocycles. The van der Waals surface area contributed by atoms with Gasteiger partial charge in [-0.25, -0.2) is 0 Å². The fourth-order valence-electron chi connectivity index (χ4n) is 1.86. The molecule has 0 aromatic heterocycles. The molecule has 0 radical (unpaired) electrons. The molecule has 1 aromatic carbocycles. The lowest BCUT2D eigenvalue weighted by molar-refractivity contribution is -0.146. The second-order valence-corrected chi connectivity index (χ2v) is 5.08. The van der Waals surface area contributed by atoms with Crippen molar-refractivity contribution < 1.29 is 23.6 Å². The minimum Gasteiger partial charge on any atom is -0.458 e. The molecule has 0 amide bonds. The first-order valence-corrected chi connectivity index (χ1v) is 6.98. The van der Waals surface area contributed by atoms with Gasteiger partial charge in [0.15, 0.2) is 8.46 Å². The first-order chi connectivity index (χ1) is 9.35. The Morgan fingerprint density at radius 3 is 2.10 bits per heavy atom. The lowest BCUT2D eigenvalue weighted by atomic mass is 10.0. The summed E-state index contributed by atoms with van der Waals surface area (Å²) in [5, 5.41) is 0.539. The van der Waals surface area contributed by atoms with Crippen LogP contribution >= 0.6 is 8.46 Å². The smallest absolute Gasteiger partial charge is 0.303 e.